The molecule has 2 N–H and O–H groups in total. The van der Waals surface area contributed by atoms with E-state index in [9.17, 15) is 13.2 Å². The van der Waals surface area contributed by atoms with Crippen LogP contribution in [0, 0.1) is 0 Å². The average Bonchev–Trinajstić information content (AvgIpc) is 2.72. The van der Waals surface area contributed by atoms with Crippen molar-refractivity contribution in [2.24, 2.45) is 0 Å². The van der Waals surface area contributed by atoms with Gasteiger partial charge in [0.05, 0.1) is 11.4 Å². The van der Waals surface area contributed by atoms with E-state index in [-0.39, 0.29) is 6.61 Å². The van der Waals surface area contributed by atoms with Gasteiger partial charge in [-0.2, -0.15) is 13.2 Å². The zero-order chi connectivity index (χ0) is 13.9. The smallest absolute Gasteiger partial charge is 0.397 e. The third-order valence-electron chi connectivity index (χ3n) is 3.10. The maximum atomic E-state index is 11.9. The molecule has 0 aliphatic carbocycles. The van der Waals surface area contributed by atoms with Crippen LogP contribution in [-0.4, -0.2) is 32.5 Å². The van der Waals surface area contributed by atoms with E-state index in [1.54, 1.807) is 0 Å². The number of rotatable bonds is 5. The number of hydrogen-bond acceptors (Lipinski definition) is 3. The maximum absolute atomic E-state index is 11.9. The van der Waals surface area contributed by atoms with Gasteiger partial charge in [-0.15, -0.1) is 0 Å². The molecule has 3 nitrogen and oxygen atoms in total. The van der Waals surface area contributed by atoms with Crippen LogP contribution in [0.5, 0.6) is 0 Å². The summed E-state index contributed by atoms with van der Waals surface area (Å²) < 4.78 is 40.2. The number of fused-ring (bicyclic) bond motifs is 1. The molecule has 2 rings (SSSR count). The van der Waals surface area contributed by atoms with Gasteiger partial charge in [-0.25, -0.2) is 0 Å². The first-order valence-electron chi connectivity index (χ1n) is 6.24. The van der Waals surface area contributed by atoms with Gasteiger partial charge in [-0.3, -0.25) is 0 Å². The summed E-state index contributed by atoms with van der Waals surface area (Å²) in [4.78, 5) is 2.11. The second-order valence-electron chi connectivity index (χ2n) is 4.61. The standard InChI is InChI=1S/C13H17F3N2O/c14-13(15,16)9-19-8-2-6-18-7-5-10-3-1-4-11(17)12(10)18/h1,3-4H,2,5-9,17H2. The summed E-state index contributed by atoms with van der Waals surface area (Å²) in [6.07, 6.45) is -2.75. The molecule has 0 amide bonds. The number of nitrogens with zero attached hydrogens (tertiary/aromatic N) is 1. The van der Waals surface area contributed by atoms with Gasteiger partial charge in [0.25, 0.3) is 0 Å². The van der Waals surface area contributed by atoms with Crippen LogP contribution in [0.2, 0.25) is 0 Å². The van der Waals surface area contributed by atoms with Crippen LogP contribution in [0.15, 0.2) is 18.2 Å². The lowest BCUT2D eigenvalue weighted by molar-refractivity contribution is -0.173. The van der Waals surface area contributed by atoms with Crippen LogP contribution in [0.3, 0.4) is 0 Å². The fourth-order valence-corrected chi connectivity index (χ4v) is 2.33. The lowest BCUT2D eigenvalue weighted by Gasteiger charge is -2.20. The second kappa shape index (κ2) is 5.69. The minimum atomic E-state index is -4.25. The number of hydrogen-bond donors (Lipinski definition) is 1. The highest BCUT2D eigenvalue weighted by Gasteiger charge is 2.27. The number of anilines is 2. The first-order chi connectivity index (χ1) is 8.97. The van der Waals surface area contributed by atoms with Gasteiger partial charge >= 0.3 is 6.18 Å². The Morgan fingerprint density at radius 1 is 1.32 bits per heavy atom. The van der Waals surface area contributed by atoms with E-state index in [1.807, 2.05) is 18.2 Å². The van der Waals surface area contributed by atoms with Gasteiger partial charge in [0.1, 0.15) is 6.61 Å². The van der Waals surface area contributed by atoms with Crippen molar-refractivity contribution in [2.45, 2.75) is 19.0 Å². The molecular weight excluding hydrogens is 257 g/mol. The van der Waals surface area contributed by atoms with Crippen molar-refractivity contribution in [3.05, 3.63) is 23.8 Å². The van der Waals surface area contributed by atoms with Crippen molar-refractivity contribution in [1.82, 2.24) is 0 Å². The number of halogens is 3. The summed E-state index contributed by atoms with van der Waals surface area (Å²) in [6, 6.07) is 5.80. The minimum Gasteiger partial charge on any atom is -0.397 e. The molecule has 0 saturated carbocycles. The van der Waals surface area contributed by atoms with E-state index >= 15 is 0 Å². The molecule has 0 spiro atoms. The van der Waals surface area contributed by atoms with Crippen LogP contribution in [0.4, 0.5) is 24.5 Å². The molecule has 0 atom stereocenters. The van der Waals surface area contributed by atoms with Crippen molar-refractivity contribution >= 4 is 11.4 Å². The molecule has 1 aliphatic heterocycles. The molecule has 6 heteroatoms. The van der Waals surface area contributed by atoms with Crippen molar-refractivity contribution in [3.8, 4) is 0 Å². The highest BCUT2D eigenvalue weighted by Crippen LogP contribution is 2.33. The largest absolute Gasteiger partial charge is 0.411 e. The maximum Gasteiger partial charge on any atom is 0.411 e. The van der Waals surface area contributed by atoms with Crippen molar-refractivity contribution < 1.29 is 17.9 Å². The zero-order valence-corrected chi connectivity index (χ0v) is 10.5. The zero-order valence-electron chi connectivity index (χ0n) is 10.5. The topological polar surface area (TPSA) is 38.5 Å². The Kier molecular flexibility index (Phi) is 4.19. The summed E-state index contributed by atoms with van der Waals surface area (Å²) in [6.45, 7) is 0.464. The highest BCUT2D eigenvalue weighted by atomic mass is 19.4. The molecule has 1 heterocycles. The van der Waals surface area contributed by atoms with Gasteiger partial charge in [0, 0.05) is 19.7 Å². The third kappa shape index (κ3) is 3.76. The molecule has 0 saturated heterocycles. The molecule has 1 aliphatic rings. The molecule has 1 aromatic carbocycles. The van der Waals surface area contributed by atoms with Gasteiger partial charge in [-0.1, -0.05) is 12.1 Å². The van der Waals surface area contributed by atoms with E-state index in [0.717, 1.165) is 24.3 Å². The molecule has 1 aromatic rings. The van der Waals surface area contributed by atoms with Crippen LogP contribution < -0.4 is 10.6 Å². The number of nitrogen functional groups attached to an aromatic ring is 1. The van der Waals surface area contributed by atoms with Gasteiger partial charge in [-0.05, 0) is 24.5 Å². The van der Waals surface area contributed by atoms with Crippen molar-refractivity contribution in [1.29, 1.82) is 0 Å². The highest BCUT2D eigenvalue weighted by molar-refractivity contribution is 5.74. The van der Waals surface area contributed by atoms with Gasteiger partial charge in [0.2, 0.25) is 0 Å². The van der Waals surface area contributed by atoms with Gasteiger partial charge < -0.3 is 15.4 Å². The van der Waals surface area contributed by atoms with E-state index in [0.29, 0.717) is 13.0 Å². The number of alkyl halides is 3. The number of benzene rings is 1. The lowest BCUT2D eigenvalue weighted by atomic mass is 10.1. The fraction of sp³-hybridized carbons (Fsp3) is 0.538. The quantitative estimate of drug-likeness (QED) is 0.662. The van der Waals surface area contributed by atoms with Crippen LogP contribution in [-0.2, 0) is 11.2 Å². The number of nitrogens with two attached hydrogens (primary N) is 1. The van der Waals surface area contributed by atoms with Crippen LogP contribution in [0.25, 0.3) is 0 Å². The Bertz CT molecular complexity index is 434. The second-order valence-corrected chi connectivity index (χ2v) is 4.61. The first kappa shape index (κ1) is 14.0. The summed E-state index contributed by atoms with van der Waals surface area (Å²) >= 11 is 0. The Balaban J connectivity index is 1.77. The minimum absolute atomic E-state index is 0.109. The Labute approximate surface area is 110 Å². The van der Waals surface area contributed by atoms with Gasteiger partial charge in [0.15, 0.2) is 0 Å². The van der Waals surface area contributed by atoms with E-state index in [2.05, 4.69) is 9.64 Å². The number of para-hydroxylation sites is 1. The molecule has 0 fully saturated rings. The Morgan fingerprint density at radius 2 is 2.11 bits per heavy atom. The summed E-state index contributed by atoms with van der Waals surface area (Å²) in [5.41, 5.74) is 8.89. The van der Waals surface area contributed by atoms with Crippen LogP contribution in [0.1, 0.15) is 12.0 Å². The third-order valence-corrected chi connectivity index (χ3v) is 3.10. The molecular formula is C13H17F3N2O. The van der Waals surface area contributed by atoms with Crippen molar-refractivity contribution in [2.75, 3.05) is 36.9 Å². The molecule has 19 heavy (non-hydrogen) atoms. The molecule has 0 unspecified atom stereocenters. The average molecular weight is 274 g/mol. The molecule has 0 radical (unpaired) electrons. The SMILES string of the molecule is Nc1cccc2c1N(CCCOCC(F)(F)F)CC2. The predicted octanol–water partition coefficient (Wildman–Crippen LogP) is 2.60. The summed E-state index contributed by atoms with van der Waals surface area (Å²) in [5, 5.41) is 0. The Morgan fingerprint density at radius 3 is 2.84 bits per heavy atom. The van der Waals surface area contributed by atoms with Crippen LogP contribution >= 0.6 is 0 Å². The Hall–Kier alpha value is -1.43. The number of ether oxygens (including phenoxy) is 1. The monoisotopic (exact) mass is 274 g/mol. The summed E-state index contributed by atoms with van der Waals surface area (Å²) in [5.74, 6) is 0. The normalized spacial score (nSPS) is 14.8. The lowest BCUT2D eigenvalue weighted by Crippen LogP contribution is -2.24. The van der Waals surface area contributed by atoms with E-state index < -0.39 is 12.8 Å². The first-order valence-corrected chi connectivity index (χ1v) is 6.24. The molecule has 106 valence electrons. The fourth-order valence-electron chi connectivity index (χ4n) is 2.33. The van der Waals surface area contributed by atoms with Crippen molar-refractivity contribution in [3.63, 3.8) is 0 Å². The molecule has 0 bridgehead atoms. The predicted molar refractivity (Wildman–Crippen MR) is 68.3 cm³/mol. The van der Waals surface area contributed by atoms with E-state index in [4.69, 9.17) is 5.73 Å². The van der Waals surface area contributed by atoms with E-state index in [1.165, 1.54) is 5.56 Å². The molecule has 0 aromatic heterocycles. The summed E-state index contributed by atoms with van der Waals surface area (Å²) in [7, 11) is 0.